The van der Waals surface area contributed by atoms with Crippen LogP contribution >= 0.6 is 0 Å². The number of hydrogen-bond acceptors (Lipinski definition) is 3. The number of rotatable bonds is 6. The first-order valence-electron chi connectivity index (χ1n) is 11.5. The molecule has 2 fully saturated rings. The first-order chi connectivity index (χ1) is 15.0. The summed E-state index contributed by atoms with van der Waals surface area (Å²) in [5.41, 5.74) is 2.51. The van der Waals surface area contributed by atoms with Gasteiger partial charge in [-0.2, -0.15) is 0 Å². The van der Waals surface area contributed by atoms with Gasteiger partial charge in [-0.25, -0.2) is 4.98 Å². The molecule has 1 saturated carbocycles. The molecule has 1 aromatic heterocycles. The number of hydrogen-bond donors (Lipinski definition) is 2. The molecule has 2 aromatic rings. The molecule has 0 bridgehead atoms. The zero-order valence-electron chi connectivity index (χ0n) is 18.8. The molecule has 2 N–H and O–H groups in total. The van der Waals surface area contributed by atoms with Crippen LogP contribution in [0, 0.1) is 11.8 Å². The zero-order valence-corrected chi connectivity index (χ0v) is 18.8. The van der Waals surface area contributed by atoms with Crippen LogP contribution in [0.25, 0.3) is 0 Å². The highest BCUT2D eigenvalue weighted by atomic mass is 16.2. The topological polar surface area (TPSA) is 78.1 Å². The summed E-state index contributed by atoms with van der Waals surface area (Å²) in [6.07, 6.45) is 13.1. The van der Waals surface area contributed by atoms with Gasteiger partial charge < -0.3 is 15.2 Å². The number of nitrogens with zero attached hydrogens (tertiary/aromatic N) is 2. The van der Waals surface area contributed by atoms with Gasteiger partial charge in [0.15, 0.2) is 0 Å². The summed E-state index contributed by atoms with van der Waals surface area (Å²) in [6, 6.07) is 10.8. The van der Waals surface area contributed by atoms with E-state index in [0.29, 0.717) is 11.9 Å². The number of aromatic nitrogens is 2. The van der Waals surface area contributed by atoms with E-state index in [-0.39, 0.29) is 5.91 Å². The van der Waals surface area contributed by atoms with Crippen molar-refractivity contribution >= 4 is 11.8 Å². The lowest BCUT2D eigenvalue weighted by atomic mass is 9.76. The Bertz CT molecular complexity index is 806. The third kappa shape index (κ3) is 7.23. The molecule has 0 radical (unpaired) electrons. The monoisotopic (exact) mass is 424 g/mol. The average Bonchev–Trinajstić information content (AvgIpc) is 3.40. The molecule has 31 heavy (non-hydrogen) atoms. The Labute approximate surface area is 185 Å². The summed E-state index contributed by atoms with van der Waals surface area (Å²) in [6.45, 7) is 2.24. The van der Waals surface area contributed by atoms with Gasteiger partial charge in [-0.3, -0.25) is 9.59 Å². The zero-order chi connectivity index (χ0) is 22.1. The molecular formula is C25H36N4O2. The number of likely N-dealkylation sites (tertiary alicyclic amines) is 1. The van der Waals surface area contributed by atoms with Crippen LogP contribution in [-0.4, -0.2) is 39.8 Å². The maximum atomic E-state index is 12.4. The molecule has 6 heteroatoms. The van der Waals surface area contributed by atoms with Crippen molar-refractivity contribution in [2.45, 2.75) is 70.9 Å². The third-order valence-electron chi connectivity index (χ3n) is 6.56. The smallest absolute Gasteiger partial charge is 0.223 e. The predicted molar refractivity (Wildman–Crippen MR) is 122 cm³/mol. The molecule has 1 saturated heterocycles. The molecular weight excluding hydrogens is 388 g/mol. The first kappa shape index (κ1) is 23.0. The van der Waals surface area contributed by atoms with Crippen molar-refractivity contribution < 1.29 is 9.59 Å². The van der Waals surface area contributed by atoms with Crippen LogP contribution in [0.15, 0.2) is 42.9 Å². The predicted octanol–water partition coefficient (Wildman–Crippen LogP) is 4.09. The molecule has 3 atom stereocenters. The van der Waals surface area contributed by atoms with Crippen molar-refractivity contribution in [1.29, 1.82) is 0 Å². The second kappa shape index (κ2) is 11.7. The van der Waals surface area contributed by atoms with Gasteiger partial charge in [-0.1, -0.05) is 49.6 Å². The SMILES string of the molecule is CNC(C)=O.O=C1CC[C@@H](CC2CCC[C@H](Cc3cnc[nH]3)C2)N1Cc1ccccc1. The second-order valence-corrected chi connectivity index (χ2v) is 8.92. The lowest BCUT2D eigenvalue weighted by Gasteiger charge is -2.33. The number of benzene rings is 1. The van der Waals surface area contributed by atoms with Crippen molar-refractivity contribution in [3.8, 4) is 0 Å². The standard InChI is InChI=1S/C22H29N3O.C3H7NO/c26-22-10-9-21(25(22)15-17-5-2-1-3-6-17)13-19-8-4-7-18(11-19)12-20-14-23-16-24-20;1-3(5)4-2/h1-3,5-6,14,16,18-19,21H,4,7-13,15H2,(H,23,24);1-2H3,(H,4,5)/t18-,19?,21-;/m0./s1. The number of carbonyl (C=O) groups excluding carboxylic acids is 2. The van der Waals surface area contributed by atoms with Gasteiger partial charge in [-0.05, 0) is 43.1 Å². The van der Waals surface area contributed by atoms with Crippen molar-refractivity contribution in [3.05, 3.63) is 54.1 Å². The molecule has 0 spiro atoms. The van der Waals surface area contributed by atoms with Crippen molar-refractivity contribution in [3.63, 3.8) is 0 Å². The van der Waals surface area contributed by atoms with Crippen LogP contribution < -0.4 is 5.32 Å². The van der Waals surface area contributed by atoms with E-state index in [2.05, 4.69) is 44.5 Å². The molecule has 4 rings (SSSR count). The number of nitrogens with one attached hydrogen (secondary N) is 2. The van der Waals surface area contributed by atoms with E-state index in [1.54, 1.807) is 13.4 Å². The van der Waals surface area contributed by atoms with Crippen LogP contribution in [0.4, 0.5) is 0 Å². The fourth-order valence-electron chi connectivity index (χ4n) is 4.93. The van der Waals surface area contributed by atoms with Gasteiger partial charge in [0, 0.05) is 44.9 Å². The van der Waals surface area contributed by atoms with E-state index in [0.717, 1.165) is 37.6 Å². The lowest BCUT2D eigenvalue weighted by molar-refractivity contribution is -0.129. The molecule has 1 unspecified atom stereocenters. The number of carbonyl (C=O) groups is 2. The molecule has 1 aromatic carbocycles. The van der Waals surface area contributed by atoms with Crippen LogP contribution in [0.5, 0.6) is 0 Å². The largest absolute Gasteiger partial charge is 0.359 e. The Morgan fingerprint density at radius 3 is 2.61 bits per heavy atom. The molecule has 1 aliphatic carbocycles. The number of H-pyrrole nitrogens is 1. The number of amides is 2. The molecule has 2 heterocycles. The fraction of sp³-hybridized carbons (Fsp3) is 0.560. The summed E-state index contributed by atoms with van der Waals surface area (Å²) >= 11 is 0. The normalized spacial score (nSPS) is 23.2. The highest BCUT2D eigenvalue weighted by molar-refractivity contribution is 5.78. The Hall–Kier alpha value is -2.63. The summed E-state index contributed by atoms with van der Waals surface area (Å²) in [5.74, 6) is 1.85. The Morgan fingerprint density at radius 1 is 1.19 bits per heavy atom. The maximum Gasteiger partial charge on any atom is 0.223 e. The Morgan fingerprint density at radius 2 is 1.94 bits per heavy atom. The molecule has 2 amide bonds. The van der Waals surface area contributed by atoms with Crippen molar-refractivity contribution in [2.75, 3.05) is 7.05 Å². The van der Waals surface area contributed by atoms with E-state index >= 15 is 0 Å². The molecule has 1 aliphatic heterocycles. The van der Waals surface area contributed by atoms with Gasteiger partial charge >= 0.3 is 0 Å². The fourth-order valence-corrected chi connectivity index (χ4v) is 4.93. The van der Waals surface area contributed by atoms with Gasteiger partial charge in [-0.15, -0.1) is 0 Å². The lowest BCUT2D eigenvalue weighted by Crippen LogP contribution is -2.34. The molecule has 168 valence electrons. The summed E-state index contributed by atoms with van der Waals surface area (Å²) < 4.78 is 0. The van der Waals surface area contributed by atoms with E-state index in [9.17, 15) is 9.59 Å². The highest BCUT2D eigenvalue weighted by Gasteiger charge is 2.34. The Balaban J connectivity index is 0.000000491. The first-order valence-corrected chi connectivity index (χ1v) is 11.5. The van der Waals surface area contributed by atoms with Gasteiger partial charge in [0.2, 0.25) is 11.8 Å². The van der Waals surface area contributed by atoms with Crippen LogP contribution in [0.3, 0.4) is 0 Å². The minimum atomic E-state index is 0.00463. The van der Waals surface area contributed by atoms with Gasteiger partial charge in [0.25, 0.3) is 0 Å². The minimum Gasteiger partial charge on any atom is -0.359 e. The van der Waals surface area contributed by atoms with Crippen molar-refractivity contribution in [1.82, 2.24) is 20.2 Å². The molecule has 6 nitrogen and oxygen atoms in total. The number of aromatic amines is 1. The minimum absolute atomic E-state index is 0.00463. The van der Waals surface area contributed by atoms with E-state index in [1.807, 2.05) is 12.3 Å². The average molecular weight is 425 g/mol. The summed E-state index contributed by atoms with van der Waals surface area (Å²) in [5, 5.41) is 2.39. The van der Waals surface area contributed by atoms with E-state index < -0.39 is 0 Å². The molecule has 2 aliphatic rings. The second-order valence-electron chi connectivity index (χ2n) is 8.92. The Kier molecular flexibility index (Phi) is 8.68. The maximum absolute atomic E-state index is 12.4. The summed E-state index contributed by atoms with van der Waals surface area (Å²) in [7, 11) is 1.60. The van der Waals surface area contributed by atoms with E-state index in [1.165, 1.54) is 50.3 Å². The quantitative estimate of drug-likeness (QED) is 0.733. The van der Waals surface area contributed by atoms with Crippen LogP contribution in [0.2, 0.25) is 0 Å². The van der Waals surface area contributed by atoms with Crippen LogP contribution in [0.1, 0.15) is 63.1 Å². The highest BCUT2D eigenvalue weighted by Crippen LogP contribution is 2.36. The van der Waals surface area contributed by atoms with E-state index in [4.69, 9.17) is 0 Å². The van der Waals surface area contributed by atoms with Gasteiger partial charge in [0.1, 0.15) is 0 Å². The summed E-state index contributed by atoms with van der Waals surface area (Å²) in [4.78, 5) is 31.7. The van der Waals surface area contributed by atoms with Crippen molar-refractivity contribution in [2.24, 2.45) is 11.8 Å². The third-order valence-corrected chi connectivity index (χ3v) is 6.56. The van der Waals surface area contributed by atoms with Crippen LogP contribution in [-0.2, 0) is 22.6 Å². The van der Waals surface area contributed by atoms with Gasteiger partial charge in [0.05, 0.1) is 6.33 Å². The number of imidazole rings is 1.